The fourth-order valence-corrected chi connectivity index (χ4v) is 3.42. The summed E-state index contributed by atoms with van der Waals surface area (Å²) in [5.41, 5.74) is 8.43. The first-order chi connectivity index (χ1) is 12.9. The Morgan fingerprint density at radius 3 is 3.04 bits per heavy atom. The highest BCUT2D eigenvalue weighted by molar-refractivity contribution is 5.74. The van der Waals surface area contributed by atoms with Gasteiger partial charge in [-0.1, -0.05) is 12.1 Å². The van der Waals surface area contributed by atoms with E-state index in [9.17, 15) is 0 Å². The van der Waals surface area contributed by atoms with Crippen molar-refractivity contribution in [3.63, 3.8) is 0 Å². The topological polar surface area (TPSA) is 83.7 Å². The second-order valence-corrected chi connectivity index (χ2v) is 6.51. The molecule has 26 heavy (non-hydrogen) atoms. The number of nitrogens with one attached hydrogen (secondary N) is 3. The molecule has 1 saturated heterocycles. The number of nitrogens with zero attached hydrogens (tertiary/aromatic N) is 3. The first-order valence-electron chi connectivity index (χ1n) is 8.90. The van der Waals surface area contributed by atoms with E-state index in [-0.39, 0.29) is 6.04 Å². The van der Waals surface area contributed by atoms with Gasteiger partial charge in [-0.2, -0.15) is 0 Å². The molecule has 1 aliphatic heterocycles. The van der Waals surface area contributed by atoms with Gasteiger partial charge < -0.3 is 14.0 Å². The van der Waals surface area contributed by atoms with Crippen molar-refractivity contribution in [3.8, 4) is 11.6 Å². The molecule has 4 heterocycles. The van der Waals surface area contributed by atoms with E-state index in [1.807, 2.05) is 48.8 Å². The maximum Gasteiger partial charge on any atom is 0.176 e. The van der Waals surface area contributed by atoms with Crippen LogP contribution in [0.3, 0.4) is 0 Å². The standard InChI is InChI=1S/C19H20N6O/c1-2-4-14-13(3-1)22-18(23-14)8-11-25-12-10-20-19(25)17-6-5-16(26-17)15-7-9-21-24-15/h1-6,10,12,15,21,24H,7-9,11H2,(H,22,23). The Morgan fingerprint density at radius 1 is 1.19 bits per heavy atom. The van der Waals surface area contributed by atoms with E-state index in [1.54, 1.807) is 0 Å². The first kappa shape index (κ1) is 15.4. The van der Waals surface area contributed by atoms with Gasteiger partial charge in [0.2, 0.25) is 0 Å². The molecule has 132 valence electrons. The molecule has 0 bridgehead atoms. The molecular formula is C19H20N6O. The van der Waals surface area contributed by atoms with Crippen LogP contribution in [0.1, 0.15) is 24.0 Å². The summed E-state index contributed by atoms with van der Waals surface area (Å²) in [7, 11) is 0. The van der Waals surface area contributed by atoms with Crippen LogP contribution >= 0.6 is 0 Å². The van der Waals surface area contributed by atoms with Crippen molar-refractivity contribution in [2.45, 2.75) is 25.4 Å². The molecule has 1 aromatic carbocycles. The van der Waals surface area contributed by atoms with Gasteiger partial charge in [0.1, 0.15) is 11.6 Å². The molecule has 1 fully saturated rings. The predicted octanol–water partition coefficient (Wildman–Crippen LogP) is 2.80. The Hall–Kier alpha value is -2.90. The maximum absolute atomic E-state index is 6.04. The van der Waals surface area contributed by atoms with E-state index < -0.39 is 0 Å². The second kappa shape index (κ2) is 6.44. The fourth-order valence-electron chi connectivity index (χ4n) is 3.42. The number of aromatic amines is 1. The highest BCUT2D eigenvalue weighted by Crippen LogP contribution is 2.27. The molecular weight excluding hydrogens is 328 g/mol. The Labute approximate surface area is 150 Å². The molecule has 7 nitrogen and oxygen atoms in total. The number of furan rings is 1. The number of fused-ring (bicyclic) bond motifs is 1. The predicted molar refractivity (Wildman–Crippen MR) is 98.2 cm³/mol. The summed E-state index contributed by atoms with van der Waals surface area (Å²) < 4.78 is 8.15. The van der Waals surface area contributed by atoms with Crippen LogP contribution < -0.4 is 10.9 Å². The SMILES string of the molecule is c1ccc2[nH]c(CCn3ccnc3-c3ccc(C4CCNN4)o3)nc2c1. The van der Waals surface area contributed by atoms with Crippen LogP contribution in [0.5, 0.6) is 0 Å². The Morgan fingerprint density at radius 2 is 2.15 bits per heavy atom. The Balaban J connectivity index is 1.34. The molecule has 0 amide bonds. The average Bonchev–Trinajstić information content (AvgIpc) is 3.46. The van der Waals surface area contributed by atoms with Crippen molar-refractivity contribution >= 4 is 11.0 Å². The number of benzene rings is 1. The van der Waals surface area contributed by atoms with Crippen LogP contribution in [0, 0.1) is 0 Å². The van der Waals surface area contributed by atoms with Gasteiger partial charge in [-0.3, -0.25) is 5.43 Å². The van der Waals surface area contributed by atoms with E-state index in [2.05, 4.69) is 30.4 Å². The maximum atomic E-state index is 6.04. The summed E-state index contributed by atoms with van der Waals surface area (Å²) in [5, 5.41) is 0. The van der Waals surface area contributed by atoms with E-state index in [1.165, 1.54) is 0 Å². The molecule has 5 rings (SSSR count). The number of H-pyrrole nitrogens is 1. The summed E-state index contributed by atoms with van der Waals surface area (Å²) in [4.78, 5) is 12.5. The van der Waals surface area contributed by atoms with Crippen LogP contribution in [-0.4, -0.2) is 26.1 Å². The minimum absolute atomic E-state index is 0.225. The van der Waals surface area contributed by atoms with Gasteiger partial charge in [-0.05, 0) is 30.7 Å². The van der Waals surface area contributed by atoms with E-state index >= 15 is 0 Å². The monoisotopic (exact) mass is 348 g/mol. The number of aryl methyl sites for hydroxylation is 2. The third-order valence-electron chi connectivity index (χ3n) is 4.77. The normalized spacial score (nSPS) is 17.3. The molecule has 1 aliphatic rings. The molecule has 0 spiro atoms. The zero-order chi connectivity index (χ0) is 17.3. The van der Waals surface area contributed by atoms with E-state index in [0.29, 0.717) is 0 Å². The molecule has 7 heteroatoms. The lowest BCUT2D eigenvalue weighted by Crippen LogP contribution is -2.24. The van der Waals surface area contributed by atoms with Gasteiger partial charge in [-0.15, -0.1) is 0 Å². The van der Waals surface area contributed by atoms with Gasteiger partial charge in [-0.25, -0.2) is 15.4 Å². The number of aromatic nitrogens is 4. The van der Waals surface area contributed by atoms with Crippen LogP contribution in [0.4, 0.5) is 0 Å². The van der Waals surface area contributed by atoms with Crippen LogP contribution in [0.2, 0.25) is 0 Å². The average molecular weight is 348 g/mol. The third-order valence-corrected chi connectivity index (χ3v) is 4.77. The van der Waals surface area contributed by atoms with Crippen LogP contribution in [0.15, 0.2) is 53.2 Å². The van der Waals surface area contributed by atoms with Gasteiger partial charge >= 0.3 is 0 Å². The summed E-state index contributed by atoms with van der Waals surface area (Å²) >= 11 is 0. The highest BCUT2D eigenvalue weighted by atomic mass is 16.3. The smallest absolute Gasteiger partial charge is 0.176 e. The summed E-state index contributed by atoms with van der Waals surface area (Å²) in [6.07, 6.45) is 5.62. The first-order valence-corrected chi connectivity index (χ1v) is 8.90. The van der Waals surface area contributed by atoms with E-state index in [4.69, 9.17) is 4.42 Å². The number of imidazole rings is 2. The van der Waals surface area contributed by atoms with E-state index in [0.717, 1.165) is 60.1 Å². The third kappa shape index (κ3) is 2.81. The molecule has 3 N–H and O–H groups in total. The van der Waals surface area contributed by atoms with Crippen molar-refractivity contribution in [1.29, 1.82) is 0 Å². The Kier molecular flexibility index (Phi) is 3.80. The summed E-state index contributed by atoms with van der Waals surface area (Å²) in [6.45, 7) is 1.74. The quantitative estimate of drug-likeness (QED) is 0.516. The second-order valence-electron chi connectivity index (χ2n) is 6.51. The number of hydrogen-bond acceptors (Lipinski definition) is 5. The van der Waals surface area contributed by atoms with Gasteiger partial charge in [0.05, 0.1) is 17.1 Å². The largest absolute Gasteiger partial charge is 0.456 e. The number of hydrogen-bond donors (Lipinski definition) is 3. The molecule has 0 saturated carbocycles. The van der Waals surface area contributed by atoms with Crippen molar-refractivity contribution in [2.24, 2.45) is 0 Å². The lowest BCUT2D eigenvalue weighted by Gasteiger charge is -2.06. The molecule has 0 radical (unpaired) electrons. The van der Waals surface area contributed by atoms with Crippen molar-refractivity contribution in [2.75, 3.05) is 6.54 Å². The Bertz CT molecular complexity index is 990. The number of hydrazine groups is 1. The minimum Gasteiger partial charge on any atom is -0.456 e. The highest BCUT2D eigenvalue weighted by Gasteiger charge is 2.20. The molecule has 1 unspecified atom stereocenters. The van der Waals surface area contributed by atoms with Gasteiger partial charge in [0.25, 0.3) is 0 Å². The number of para-hydroxylation sites is 2. The minimum atomic E-state index is 0.225. The fraction of sp³-hybridized carbons (Fsp3) is 0.263. The number of rotatable bonds is 5. The lowest BCUT2D eigenvalue weighted by atomic mass is 10.2. The molecule has 3 aromatic heterocycles. The van der Waals surface area contributed by atoms with Crippen LogP contribution in [-0.2, 0) is 13.0 Å². The lowest BCUT2D eigenvalue weighted by molar-refractivity contribution is 0.438. The zero-order valence-corrected chi connectivity index (χ0v) is 14.3. The molecule has 0 aliphatic carbocycles. The molecule has 4 aromatic rings. The van der Waals surface area contributed by atoms with Gasteiger partial charge in [0, 0.05) is 31.9 Å². The van der Waals surface area contributed by atoms with Crippen molar-refractivity contribution < 1.29 is 4.42 Å². The van der Waals surface area contributed by atoms with Gasteiger partial charge in [0.15, 0.2) is 11.6 Å². The summed E-state index contributed by atoms with van der Waals surface area (Å²) in [6, 6.07) is 12.3. The zero-order valence-electron chi connectivity index (χ0n) is 14.3. The molecule has 1 atom stereocenters. The van der Waals surface area contributed by atoms with Crippen molar-refractivity contribution in [1.82, 2.24) is 30.4 Å². The van der Waals surface area contributed by atoms with Crippen molar-refractivity contribution in [3.05, 3.63) is 60.4 Å². The summed E-state index contributed by atoms with van der Waals surface area (Å²) in [5.74, 6) is 3.56. The van der Waals surface area contributed by atoms with Crippen LogP contribution in [0.25, 0.3) is 22.6 Å².